The summed E-state index contributed by atoms with van der Waals surface area (Å²) in [5, 5.41) is 3.44. The van der Waals surface area contributed by atoms with Gasteiger partial charge in [-0.15, -0.1) is 0 Å². The van der Waals surface area contributed by atoms with Crippen molar-refractivity contribution in [3.8, 4) is 5.75 Å². The van der Waals surface area contributed by atoms with Crippen LogP contribution in [0.4, 0.5) is 0 Å². The molecule has 0 aromatic heterocycles. The summed E-state index contributed by atoms with van der Waals surface area (Å²) in [6, 6.07) is 23.8. The van der Waals surface area contributed by atoms with Crippen LogP contribution in [0.25, 0.3) is 0 Å². The molecule has 35 heavy (non-hydrogen) atoms. The summed E-state index contributed by atoms with van der Waals surface area (Å²) in [5.74, 6) is -0.0389. The summed E-state index contributed by atoms with van der Waals surface area (Å²) in [5.41, 5.74) is 1.89. The van der Waals surface area contributed by atoms with Crippen molar-refractivity contribution in [1.82, 2.24) is 10.2 Å². The largest absolute Gasteiger partial charge is 0.482 e. The van der Waals surface area contributed by atoms with E-state index in [4.69, 9.17) is 16.3 Å². The minimum atomic E-state index is -0.694. The first-order valence-corrected chi connectivity index (χ1v) is 12.9. The molecule has 3 rings (SSSR count). The van der Waals surface area contributed by atoms with Crippen LogP contribution in [-0.4, -0.2) is 35.9 Å². The zero-order valence-electron chi connectivity index (χ0n) is 19.8. The Hall–Kier alpha value is -2.83. The smallest absolute Gasteiger partial charge is 0.261 e. The minimum Gasteiger partial charge on any atom is -0.482 e. The van der Waals surface area contributed by atoms with Gasteiger partial charge in [-0.2, -0.15) is 0 Å². The molecular formula is C28H30BrClN2O3. The molecule has 0 spiro atoms. The molecule has 1 N–H and O–H groups in total. The highest BCUT2D eigenvalue weighted by Gasteiger charge is 2.30. The van der Waals surface area contributed by atoms with E-state index in [1.165, 1.54) is 0 Å². The van der Waals surface area contributed by atoms with Crippen molar-refractivity contribution in [2.75, 3.05) is 13.2 Å². The lowest BCUT2D eigenvalue weighted by atomic mass is 10.0. The fourth-order valence-corrected chi connectivity index (χ4v) is 4.09. The van der Waals surface area contributed by atoms with E-state index in [0.29, 0.717) is 23.7 Å². The van der Waals surface area contributed by atoms with Crippen LogP contribution in [0.15, 0.2) is 83.3 Å². The zero-order valence-corrected chi connectivity index (χ0v) is 22.1. The number of nitrogens with one attached hydrogen (secondary N) is 1. The Balaban J connectivity index is 1.88. The highest BCUT2D eigenvalue weighted by Crippen LogP contribution is 2.24. The average molecular weight is 558 g/mol. The van der Waals surface area contributed by atoms with Crippen LogP contribution in [0.1, 0.15) is 30.9 Å². The number of carbonyl (C=O) groups excluding carboxylic acids is 2. The topological polar surface area (TPSA) is 58.6 Å². The maximum Gasteiger partial charge on any atom is 0.261 e. The van der Waals surface area contributed by atoms with Crippen LogP contribution < -0.4 is 10.1 Å². The quantitative estimate of drug-likeness (QED) is 0.276. The lowest BCUT2D eigenvalue weighted by Crippen LogP contribution is -2.51. The van der Waals surface area contributed by atoms with E-state index in [2.05, 4.69) is 28.2 Å². The highest BCUT2D eigenvalue weighted by atomic mass is 79.9. The molecule has 184 valence electrons. The summed E-state index contributed by atoms with van der Waals surface area (Å²) < 4.78 is 6.70. The number of para-hydroxylation sites is 1. The van der Waals surface area contributed by atoms with Crippen molar-refractivity contribution in [1.29, 1.82) is 0 Å². The molecule has 3 aromatic carbocycles. The number of amides is 2. The van der Waals surface area contributed by atoms with Crippen molar-refractivity contribution in [3.05, 3.63) is 99.5 Å². The summed E-state index contributed by atoms with van der Waals surface area (Å²) in [6.07, 6.45) is 2.24. The van der Waals surface area contributed by atoms with E-state index in [0.717, 1.165) is 28.4 Å². The van der Waals surface area contributed by atoms with E-state index in [-0.39, 0.29) is 25.0 Å². The molecule has 0 aliphatic heterocycles. The lowest BCUT2D eigenvalue weighted by molar-refractivity contribution is -0.142. The summed E-state index contributed by atoms with van der Waals surface area (Å²) in [6.45, 7) is 2.69. The third-order valence-electron chi connectivity index (χ3n) is 5.55. The number of hydrogen-bond acceptors (Lipinski definition) is 3. The van der Waals surface area contributed by atoms with Gasteiger partial charge in [-0.25, -0.2) is 0 Å². The molecule has 0 unspecified atom stereocenters. The van der Waals surface area contributed by atoms with E-state index in [9.17, 15) is 9.59 Å². The fourth-order valence-electron chi connectivity index (χ4n) is 3.63. The van der Waals surface area contributed by atoms with E-state index in [1.807, 2.05) is 54.6 Å². The lowest BCUT2D eigenvalue weighted by Gasteiger charge is -2.31. The van der Waals surface area contributed by atoms with Gasteiger partial charge < -0.3 is 15.0 Å². The number of benzene rings is 3. The van der Waals surface area contributed by atoms with E-state index in [1.54, 1.807) is 29.2 Å². The van der Waals surface area contributed by atoms with Crippen molar-refractivity contribution >= 4 is 39.3 Å². The molecule has 0 saturated carbocycles. The van der Waals surface area contributed by atoms with E-state index < -0.39 is 6.04 Å². The number of hydrogen-bond donors (Lipinski definition) is 1. The van der Waals surface area contributed by atoms with Gasteiger partial charge in [0.05, 0.1) is 5.02 Å². The predicted molar refractivity (Wildman–Crippen MR) is 143 cm³/mol. The second kappa shape index (κ2) is 13.9. The summed E-state index contributed by atoms with van der Waals surface area (Å²) >= 11 is 9.66. The molecule has 0 bridgehead atoms. The molecule has 1 atom stereocenters. The van der Waals surface area contributed by atoms with Gasteiger partial charge >= 0.3 is 0 Å². The molecule has 0 aliphatic carbocycles. The van der Waals surface area contributed by atoms with Gasteiger partial charge in [-0.05, 0) is 41.8 Å². The molecule has 3 aromatic rings. The number of unbranched alkanes of at least 4 members (excludes halogenated alkanes) is 1. The molecule has 2 amide bonds. The van der Waals surface area contributed by atoms with Gasteiger partial charge in [0.25, 0.3) is 5.91 Å². The van der Waals surface area contributed by atoms with Crippen LogP contribution in [0, 0.1) is 0 Å². The molecule has 0 fully saturated rings. The van der Waals surface area contributed by atoms with Crippen molar-refractivity contribution in [2.45, 2.75) is 38.8 Å². The number of nitrogens with zero attached hydrogens (tertiary/aromatic N) is 1. The Morgan fingerprint density at radius 2 is 1.66 bits per heavy atom. The normalized spacial score (nSPS) is 11.5. The van der Waals surface area contributed by atoms with Gasteiger partial charge in [0.1, 0.15) is 11.8 Å². The van der Waals surface area contributed by atoms with Gasteiger partial charge in [-0.3, -0.25) is 9.59 Å². The number of ether oxygens (including phenoxy) is 1. The SMILES string of the molecule is CCCCNC(=O)[C@H](Cc1ccccc1)N(Cc1ccc(Br)cc1)C(=O)COc1ccccc1Cl. The maximum atomic E-state index is 13.5. The van der Waals surface area contributed by atoms with Crippen molar-refractivity contribution in [2.24, 2.45) is 0 Å². The predicted octanol–water partition coefficient (Wildman–Crippen LogP) is 6.04. The maximum absolute atomic E-state index is 13.5. The Bertz CT molecular complexity index is 1090. The molecule has 0 radical (unpaired) electrons. The van der Waals surface area contributed by atoms with Gasteiger partial charge in [0.15, 0.2) is 6.61 Å². The number of rotatable bonds is 12. The average Bonchev–Trinajstić information content (AvgIpc) is 2.87. The Morgan fingerprint density at radius 3 is 2.34 bits per heavy atom. The second-order valence-corrected chi connectivity index (χ2v) is 9.54. The molecule has 0 heterocycles. The molecule has 0 saturated heterocycles. The number of carbonyl (C=O) groups is 2. The Labute approximate surface area is 220 Å². The first-order chi connectivity index (χ1) is 17.0. The third-order valence-corrected chi connectivity index (χ3v) is 6.40. The van der Waals surface area contributed by atoms with Crippen LogP contribution in [0.5, 0.6) is 5.75 Å². The molecule has 0 aliphatic rings. The Kier molecular flexibility index (Phi) is 10.6. The second-order valence-electron chi connectivity index (χ2n) is 8.22. The van der Waals surface area contributed by atoms with E-state index >= 15 is 0 Å². The first kappa shape index (κ1) is 26.8. The first-order valence-electron chi connectivity index (χ1n) is 11.7. The fraction of sp³-hybridized carbons (Fsp3) is 0.286. The van der Waals surface area contributed by atoms with Crippen LogP contribution in [0.3, 0.4) is 0 Å². The minimum absolute atomic E-state index is 0.175. The molecular weight excluding hydrogens is 528 g/mol. The third kappa shape index (κ3) is 8.41. The van der Waals surface area contributed by atoms with Crippen molar-refractivity contribution < 1.29 is 14.3 Å². The van der Waals surface area contributed by atoms with Gasteiger partial charge in [-0.1, -0.05) is 95.5 Å². The summed E-state index contributed by atoms with van der Waals surface area (Å²) in [7, 11) is 0. The zero-order chi connectivity index (χ0) is 25.0. The van der Waals surface area contributed by atoms with Crippen LogP contribution in [-0.2, 0) is 22.6 Å². The molecule has 7 heteroatoms. The van der Waals surface area contributed by atoms with Gasteiger partial charge in [0, 0.05) is 24.0 Å². The van der Waals surface area contributed by atoms with Crippen LogP contribution >= 0.6 is 27.5 Å². The van der Waals surface area contributed by atoms with Crippen LogP contribution in [0.2, 0.25) is 5.02 Å². The highest BCUT2D eigenvalue weighted by molar-refractivity contribution is 9.10. The van der Waals surface area contributed by atoms with Crippen molar-refractivity contribution in [3.63, 3.8) is 0 Å². The monoisotopic (exact) mass is 556 g/mol. The number of halogens is 2. The van der Waals surface area contributed by atoms with Gasteiger partial charge in [0.2, 0.25) is 5.91 Å². The Morgan fingerprint density at radius 1 is 0.971 bits per heavy atom. The molecule has 5 nitrogen and oxygen atoms in total. The summed E-state index contributed by atoms with van der Waals surface area (Å²) in [4.78, 5) is 28.5. The standard InChI is InChI=1S/C28H30BrClN2O3/c1-2-3-17-31-28(34)25(18-21-9-5-4-6-10-21)32(19-22-13-15-23(29)16-14-22)27(33)20-35-26-12-8-7-11-24(26)30/h4-16,25H,2-3,17-20H2,1H3,(H,31,34)/t25-/m0/s1.